The van der Waals surface area contributed by atoms with E-state index in [2.05, 4.69) is 59.2 Å². The van der Waals surface area contributed by atoms with Crippen molar-refractivity contribution in [1.29, 1.82) is 0 Å². The van der Waals surface area contributed by atoms with E-state index < -0.39 is 0 Å². The Morgan fingerprint density at radius 1 is 0.556 bits per heavy atom. The van der Waals surface area contributed by atoms with E-state index in [0.717, 1.165) is 11.4 Å². The van der Waals surface area contributed by atoms with E-state index in [0.29, 0.717) is 0 Å². The minimum Gasteiger partial charge on any atom is -0.388 e. The summed E-state index contributed by atoms with van der Waals surface area (Å²) in [6.07, 6.45) is 0. The zero-order chi connectivity index (χ0) is 11.4. The number of anilines is 2. The van der Waals surface area contributed by atoms with Gasteiger partial charge in [-0.15, -0.1) is 0 Å². The molecule has 4 heteroatoms. The predicted octanol–water partition coefficient (Wildman–Crippen LogP) is 2.68. The van der Waals surface area contributed by atoms with Crippen LogP contribution in [0.15, 0.2) is 48.5 Å². The molecule has 2 nitrogen and oxygen atoms in total. The second-order valence-corrected chi connectivity index (χ2v) is 3.65. The summed E-state index contributed by atoms with van der Waals surface area (Å²) in [6.45, 7) is 0. The van der Waals surface area contributed by atoms with Crippen molar-refractivity contribution >= 4 is 70.5 Å². The summed E-state index contributed by atoms with van der Waals surface area (Å²) in [5.74, 6) is 0. The van der Waals surface area contributed by atoms with Gasteiger partial charge in [-0.3, -0.25) is 0 Å². The van der Waals surface area contributed by atoms with Crippen molar-refractivity contribution in [2.24, 2.45) is 0 Å². The van der Waals surface area contributed by atoms with Gasteiger partial charge in [0, 0.05) is 84.6 Å². The molecule has 0 atom stereocenters. The van der Waals surface area contributed by atoms with Gasteiger partial charge in [-0.2, -0.15) is 0 Å². The minimum absolute atomic E-state index is 0. The van der Waals surface area contributed by atoms with Crippen LogP contribution in [-0.2, 0) is 0 Å². The molecule has 0 amide bonds. The fraction of sp³-hybridized carbons (Fsp3) is 0.143. The summed E-state index contributed by atoms with van der Waals surface area (Å²) >= 11 is 0. The zero-order valence-corrected chi connectivity index (χ0v) is 15.6. The Bertz CT molecular complexity index is 407. The molecule has 0 bridgehead atoms. The Kier molecular flexibility index (Phi) is 9.05. The van der Waals surface area contributed by atoms with E-state index in [1.807, 2.05) is 14.1 Å². The van der Waals surface area contributed by atoms with Gasteiger partial charge in [-0.05, 0) is 35.4 Å². The van der Waals surface area contributed by atoms with Crippen molar-refractivity contribution in [3.8, 4) is 11.1 Å². The quantitative estimate of drug-likeness (QED) is 0.827. The van der Waals surface area contributed by atoms with Crippen LogP contribution in [0.1, 0.15) is 0 Å². The van der Waals surface area contributed by atoms with Gasteiger partial charge in [0.15, 0.2) is 0 Å². The summed E-state index contributed by atoms with van der Waals surface area (Å²) in [4.78, 5) is 0. The van der Waals surface area contributed by atoms with Crippen molar-refractivity contribution in [2.75, 3.05) is 24.7 Å². The number of benzene rings is 2. The third-order valence-electron chi connectivity index (χ3n) is 2.68. The number of hydrogen-bond donors (Lipinski definition) is 2. The van der Waals surface area contributed by atoms with Gasteiger partial charge in [0.1, 0.15) is 0 Å². The molecule has 2 rings (SSSR count). The topological polar surface area (TPSA) is 24.1 Å². The first-order chi connectivity index (χ1) is 7.83. The van der Waals surface area contributed by atoms with Gasteiger partial charge in [0.25, 0.3) is 0 Å². The maximum atomic E-state index is 3.11. The van der Waals surface area contributed by atoms with Crippen molar-refractivity contribution in [2.45, 2.75) is 0 Å². The van der Waals surface area contributed by atoms with Crippen molar-refractivity contribution in [1.82, 2.24) is 0 Å². The molecule has 2 radical (unpaired) electrons. The van der Waals surface area contributed by atoms with Crippen molar-refractivity contribution in [3.63, 3.8) is 0 Å². The smallest absolute Gasteiger partial charge is 0.0337 e. The van der Waals surface area contributed by atoms with E-state index in [1.165, 1.54) is 11.1 Å². The molecule has 0 saturated carbocycles. The van der Waals surface area contributed by atoms with Crippen LogP contribution in [0.25, 0.3) is 11.1 Å². The molecule has 18 heavy (non-hydrogen) atoms. The Morgan fingerprint density at radius 3 is 1.06 bits per heavy atom. The molecule has 0 fully saturated rings. The van der Waals surface area contributed by atoms with Crippen molar-refractivity contribution in [3.05, 3.63) is 48.5 Å². The molecule has 2 N–H and O–H groups in total. The second kappa shape index (κ2) is 9.03. The van der Waals surface area contributed by atoms with Gasteiger partial charge in [-0.25, -0.2) is 0 Å². The van der Waals surface area contributed by atoms with Crippen LogP contribution in [0, 0.1) is 0 Å². The molecule has 0 spiro atoms. The molecule has 0 unspecified atom stereocenters. The minimum atomic E-state index is 0. The van der Waals surface area contributed by atoms with Crippen LogP contribution in [0.2, 0.25) is 0 Å². The first kappa shape index (κ1) is 18.0. The van der Waals surface area contributed by atoms with Gasteiger partial charge >= 0.3 is 0 Å². The van der Waals surface area contributed by atoms with Crippen LogP contribution >= 0.6 is 0 Å². The van der Waals surface area contributed by atoms with Gasteiger partial charge in [-0.1, -0.05) is 24.3 Å². The molecule has 84 valence electrons. The average molecular weight is 258 g/mol. The van der Waals surface area contributed by atoms with Crippen LogP contribution in [0.4, 0.5) is 11.4 Å². The molecule has 0 aliphatic heterocycles. The Morgan fingerprint density at radius 2 is 0.833 bits per heavy atom. The fourth-order valence-electron chi connectivity index (χ4n) is 1.66. The van der Waals surface area contributed by atoms with E-state index in [1.54, 1.807) is 0 Å². The van der Waals surface area contributed by atoms with E-state index in [9.17, 15) is 0 Å². The molecule has 2 aromatic carbocycles. The largest absolute Gasteiger partial charge is 0.388 e. The third-order valence-corrected chi connectivity index (χ3v) is 2.68. The van der Waals surface area contributed by atoms with E-state index >= 15 is 0 Å². The first-order valence-corrected chi connectivity index (χ1v) is 5.39. The third kappa shape index (κ3) is 4.61. The van der Waals surface area contributed by atoms with Crippen LogP contribution in [0.5, 0.6) is 0 Å². The average Bonchev–Trinajstić information content (AvgIpc) is 2.39. The molecular formula is C14H16N2Na2. The Balaban J connectivity index is 0.00000144. The summed E-state index contributed by atoms with van der Waals surface area (Å²) in [5, 5.41) is 6.23. The Labute approximate surface area is 153 Å². The predicted molar refractivity (Wildman–Crippen MR) is 82.5 cm³/mol. The monoisotopic (exact) mass is 258 g/mol. The fourth-order valence-corrected chi connectivity index (χ4v) is 1.66. The normalized spacial score (nSPS) is 8.78. The molecule has 0 aliphatic carbocycles. The Hall–Kier alpha value is 0.0400. The summed E-state index contributed by atoms with van der Waals surface area (Å²) < 4.78 is 0. The molecule has 0 heterocycles. The zero-order valence-electron chi connectivity index (χ0n) is 11.6. The van der Waals surface area contributed by atoms with Crippen LogP contribution < -0.4 is 10.6 Å². The molecule has 0 aliphatic rings. The van der Waals surface area contributed by atoms with Crippen molar-refractivity contribution < 1.29 is 0 Å². The van der Waals surface area contributed by atoms with Gasteiger partial charge in [0.2, 0.25) is 0 Å². The molecule has 0 saturated heterocycles. The summed E-state index contributed by atoms with van der Waals surface area (Å²) in [7, 11) is 3.85. The molecule has 2 aromatic rings. The SMILES string of the molecule is CNc1ccc(-c2ccc(NC)cc2)cc1.[Na].[Na]. The molecule has 0 aromatic heterocycles. The first-order valence-electron chi connectivity index (χ1n) is 5.39. The molecular weight excluding hydrogens is 242 g/mol. The number of nitrogens with one attached hydrogen (secondary N) is 2. The maximum Gasteiger partial charge on any atom is 0.0337 e. The van der Waals surface area contributed by atoms with Crippen LogP contribution in [-0.4, -0.2) is 73.2 Å². The summed E-state index contributed by atoms with van der Waals surface area (Å²) in [5.41, 5.74) is 4.74. The summed E-state index contributed by atoms with van der Waals surface area (Å²) in [6, 6.07) is 16.8. The van der Waals surface area contributed by atoms with Crippen LogP contribution in [0.3, 0.4) is 0 Å². The maximum absolute atomic E-state index is 3.11. The van der Waals surface area contributed by atoms with E-state index in [4.69, 9.17) is 0 Å². The standard InChI is InChI=1S/C14H16N2.2Na/c1-15-13-7-3-11(4-8-13)12-5-9-14(16-2)10-6-12;;/h3-10,15-16H,1-2H3;;. The van der Waals surface area contributed by atoms with Gasteiger partial charge < -0.3 is 10.6 Å². The van der Waals surface area contributed by atoms with Gasteiger partial charge in [0.05, 0.1) is 0 Å². The number of rotatable bonds is 3. The number of hydrogen-bond acceptors (Lipinski definition) is 2. The second-order valence-electron chi connectivity index (χ2n) is 3.65. The van der Waals surface area contributed by atoms with E-state index in [-0.39, 0.29) is 59.1 Å².